The first-order valence-electron chi connectivity index (χ1n) is 10.3. The summed E-state index contributed by atoms with van der Waals surface area (Å²) in [7, 11) is -4.01. The molecule has 0 atom stereocenters. The van der Waals surface area contributed by atoms with E-state index in [9.17, 15) is 13.2 Å². The molecule has 0 saturated carbocycles. The van der Waals surface area contributed by atoms with Gasteiger partial charge in [0.1, 0.15) is 6.54 Å². The molecular formula is C25H27ClN2O3S. The summed E-state index contributed by atoms with van der Waals surface area (Å²) in [6, 6.07) is 19.1. The van der Waals surface area contributed by atoms with E-state index in [0.717, 1.165) is 15.4 Å². The molecule has 5 nitrogen and oxygen atoms in total. The van der Waals surface area contributed by atoms with Crippen molar-refractivity contribution >= 4 is 38.9 Å². The third-order valence-corrected chi connectivity index (χ3v) is 7.44. The van der Waals surface area contributed by atoms with Gasteiger partial charge in [-0.25, -0.2) is 8.42 Å². The van der Waals surface area contributed by atoms with Crippen molar-refractivity contribution in [3.63, 3.8) is 0 Å². The molecule has 7 heteroatoms. The van der Waals surface area contributed by atoms with Gasteiger partial charge in [-0.1, -0.05) is 67.4 Å². The smallest absolute Gasteiger partial charge is 0.264 e. The van der Waals surface area contributed by atoms with Gasteiger partial charge in [0.2, 0.25) is 5.91 Å². The number of carbonyl (C=O) groups is 1. The minimum Gasteiger partial charge on any atom is -0.324 e. The maximum absolute atomic E-state index is 13.6. The lowest BCUT2D eigenvalue weighted by Crippen LogP contribution is -2.38. The normalized spacial score (nSPS) is 11.4. The summed E-state index contributed by atoms with van der Waals surface area (Å²) in [5, 5.41) is 3.31. The van der Waals surface area contributed by atoms with Gasteiger partial charge in [-0.3, -0.25) is 9.10 Å². The summed E-state index contributed by atoms with van der Waals surface area (Å²) in [5.74, 6) is -0.234. The molecule has 0 unspecified atom stereocenters. The molecule has 32 heavy (non-hydrogen) atoms. The molecule has 0 aromatic heterocycles. The topological polar surface area (TPSA) is 66.5 Å². The van der Waals surface area contributed by atoms with E-state index < -0.39 is 15.9 Å². The number of nitrogens with one attached hydrogen (secondary N) is 1. The minimum atomic E-state index is -4.01. The molecule has 1 N–H and O–H groups in total. The zero-order valence-electron chi connectivity index (χ0n) is 18.6. The van der Waals surface area contributed by atoms with Crippen molar-refractivity contribution in [1.29, 1.82) is 0 Å². The second-order valence-electron chi connectivity index (χ2n) is 8.00. The number of carbonyl (C=O) groups excluding carboxylic acids is 1. The van der Waals surface area contributed by atoms with Crippen LogP contribution >= 0.6 is 11.6 Å². The first-order chi connectivity index (χ1) is 15.1. The molecule has 168 valence electrons. The average Bonchev–Trinajstić information content (AvgIpc) is 2.75. The predicted octanol–water partition coefficient (Wildman–Crippen LogP) is 5.91. The molecule has 0 aliphatic rings. The van der Waals surface area contributed by atoms with Crippen LogP contribution in [0.5, 0.6) is 0 Å². The fourth-order valence-corrected chi connectivity index (χ4v) is 5.09. The van der Waals surface area contributed by atoms with E-state index >= 15 is 0 Å². The third-order valence-electron chi connectivity index (χ3n) is 5.26. The molecular weight excluding hydrogens is 444 g/mol. The first-order valence-corrected chi connectivity index (χ1v) is 12.2. The highest BCUT2D eigenvalue weighted by Crippen LogP contribution is 2.31. The Bertz CT molecular complexity index is 1220. The number of benzene rings is 3. The maximum atomic E-state index is 13.6. The molecule has 0 bridgehead atoms. The zero-order chi connectivity index (χ0) is 23.5. The van der Waals surface area contributed by atoms with Crippen LogP contribution < -0.4 is 9.62 Å². The number of para-hydroxylation sites is 1. The van der Waals surface area contributed by atoms with Crippen LogP contribution in [-0.2, 0) is 14.8 Å². The number of rotatable bonds is 7. The quantitative estimate of drug-likeness (QED) is 0.466. The third kappa shape index (κ3) is 5.14. The van der Waals surface area contributed by atoms with Gasteiger partial charge in [0.05, 0.1) is 10.6 Å². The van der Waals surface area contributed by atoms with Gasteiger partial charge in [0, 0.05) is 10.7 Å². The number of nitrogens with zero attached hydrogens (tertiary/aromatic N) is 1. The summed E-state index contributed by atoms with van der Waals surface area (Å²) in [4.78, 5) is 13.2. The minimum absolute atomic E-state index is 0.109. The van der Waals surface area contributed by atoms with Crippen LogP contribution in [-0.4, -0.2) is 20.9 Å². The van der Waals surface area contributed by atoms with Gasteiger partial charge in [-0.2, -0.15) is 0 Å². The number of hydrogen-bond donors (Lipinski definition) is 1. The van der Waals surface area contributed by atoms with Crippen LogP contribution in [0.1, 0.15) is 36.5 Å². The number of halogens is 1. The van der Waals surface area contributed by atoms with Gasteiger partial charge in [0.25, 0.3) is 10.0 Å². The van der Waals surface area contributed by atoms with Crippen molar-refractivity contribution in [3.05, 3.63) is 88.4 Å². The lowest BCUT2D eigenvalue weighted by atomic mass is 10.0. The summed E-state index contributed by atoms with van der Waals surface area (Å²) < 4.78 is 28.3. The number of aryl methyl sites for hydroxylation is 1. The summed E-state index contributed by atoms with van der Waals surface area (Å²) >= 11 is 6.27. The zero-order valence-corrected chi connectivity index (χ0v) is 20.2. The van der Waals surface area contributed by atoms with Crippen molar-refractivity contribution < 1.29 is 13.2 Å². The van der Waals surface area contributed by atoms with Crippen LogP contribution in [0.4, 0.5) is 11.4 Å². The highest BCUT2D eigenvalue weighted by atomic mass is 35.5. The Hall–Kier alpha value is -2.83. The van der Waals surface area contributed by atoms with Crippen molar-refractivity contribution in [3.8, 4) is 0 Å². The second kappa shape index (κ2) is 9.76. The molecule has 0 heterocycles. The Kier molecular flexibility index (Phi) is 7.26. The van der Waals surface area contributed by atoms with Gasteiger partial charge < -0.3 is 5.32 Å². The van der Waals surface area contributed by atoms with Crippen molar-refractivity contribution in [2.24, 2.45) is 0 Å². The molecule has 0 aliphatic heterocycles. The van der Waals surface area contributed by atoms with Crippen LogP contribution in [0.25, 0.3) is 0 Å². The van der Waals surface area contributed by atoms with Crippen LogP contribution in [0.2, 0.25) is 5.02 Å². The highest BCUT2D eigenvalue weighted by Gasteiger charge is 2.29. The Labute approximate surface area is 195 Å². The van der Waals surface area contributed by atoms with Gasteiger partial charge in [0.15, 0.2) is 0 Å². The number of amides is 1. The Balaban J connectivity index is 2.01. The van der Waals surface area contributed by atoms with E-state index in [1.807, 2.05) is 45.0 Å². The summed E-state index contributed by atoms with van der Waals surface area (Å²) in [5.41, 5.74) is 3.54. The van der Waals surface area contributed by atoms with Gasteiger partial charge >= 0.3 is 0 Å². The summed E-state index contributed by atoms with van der Waals surface area (Å²) in [6.07, 6.45) is 0. The molecule has 0 fully saturated rings. The fourth-order valence-electron chi connectivity index (χ4n) is 3.44. The molecule has 0 spiro atoms. The predicted molar refractivity (Wildman–Crippen MR) is 131 cm³/mol. The molecule has 3 aromatic carbocycles. The van der Waals surface area contributed by atoms with Crippen LogP contribution in [0, 0.1) is 13.8 Å². The Morgan fingerprint density at radius 1 is 0.969 bits per heavy atom. The lowest BCUT2D eigenvalue weighted by Gasteiger charge is -2.26. The monoisotopic (exact) mass is 470 g/mol. The second-order valence-corrected chi connectivity index (χ2v) is 10.3. The van der Waals surface area contributed by atoms with Crippen LogP contribution in [0.15, 0.2) is 71.6 Å². The Morgan fingerprint density at radius 2 is 1.62 bits per heavy atom. The number of hydrogen-bond acceptors (Lipinski definition) is 3. The van der Waals surface area contributed by atoms with E-state index in [-0.39, 0.29) is 17.4 Å². The standard InChI is InChI=1S/C25H27ClN2O3S/c1-17(2)21-8-5-6-10-23(21)27-25(29)16-28(24-11-7-9-22(26)19(24)4)32(30,31)20-14-12-18(3)13-15-20/h5-15,17H,16H2,1-4H3,(H,27,29). The Morgan fingerprint density at radius 3 is 2.28 bits per heavy atom. The van der Waals surface area contributed by atoms with E-state index in [1.54, 1.807) is 49.4 Å². The molecule has 0 saturated heterocycles. The van der Waals surface area contributed by atoms with Crippen molar-refractivity contribution in [2.45, 2.75) is 38.5 Å². The van der Waals surface area contributed by atoms with Crippen molar-refractivity contribution in [2.75, 3.05) is 16.2 Å². The van der Waals surface area contributed by atoms with E-state index in [1.165, 1.54) is 0 Å². The molecule has 3 rings (SSSR count). The first kappa shape index (κ1) is 23.8. The van der Waals surface area contributed by atoms with Crippen molar-refractivity contribution in [1.82, 2.24) is 0 Å². The molecule has 1 amide bonds. The lowest BCUT2D eigenvalue weighted by molar-refractivity contribution is -0.114. The highest BCUT2D eigenvalue weighted by molar-refractivity contribution is 7.92. The summed E-state index contributed by atoms with van der Waals surface area (Å²) in [6.45, 7) is 7.31. The van der Waals surface area contributed by atoms with E-state index in [2.05, 4.69) is 5.32 Å². The van der Waals surface area contributed by atoms with Gasteiger partial charge in [-0.15, -0.1) is 0 Å². The largest absolute Gasteiger partial charge is 0.324 e. The van der Waals surface area contributed by atoms with E-state index in [0.29, 0.717) is 22.0 Å². The molecule has 3 aromatic rings. The van der Waals surface area contributed by atoms with Crippen LogP contribution in [0.3, 0.4) is 0 Å². The van der Waals surface area contributed by atoms with Gasteiger partial charge in [-0.05, 0) is 61.2 Å². The average molecular weight is 471 g/mol. The van der Waals surface area contributed by atoms with E-state index in [4.69, 9.17) is 11.6 Å². The number of anilines is 2. The SMILES string of the molecule is Cc1ccc(S(=O)(=O)N(CC(=O)Nc2ccccc2C(C)C)c2cccc(Cl)c2C)cc1. The molecule has 0 radical (unpaired) electrons. The fraction of sp³-hybridized carbons (Fsp3) is 0.240. The molecule has 0 aliphatic carbocycles. The number of sulfonamides is 1. The maximum Gasteiger partial charge on any atom is 0.264 e.